The minimum Gasteiger partial charge on any atom is -0.302 e. The predicted octanol–water partition coefficient (Wildman–Crippen LogP) is 3.45. The summed E-state index contributed by atoms with van der Waals surface area (Å²) in [5, 5.41) is 2.20. The maximum Gasteiger partial charge on any atom is 0.416 e. The van der Waals surface area contributed by atoms with Gasteiger partial charge in [0.1, 0.15) is 6.04 Å². The highest BCUT2D eigenvalue weighted by atomic mass is 19.4. The zero-order chi connectivity index (χ0) is 13.6. The van der Waals surface area contributed by atoms with E-state index >= 15 is 0 Å². The van der Waals surface area contributed by atoms with Gasteiger partial charge in [-0.1, -0.05) is 6.07 Å². The van der Waals surface area contributed by atoms with E-state index in [1.165, 1.54) is 0 Å². The second-order valence-corrected chi connectivity index (χ2v) is 4.09. The summed E-state index contributed by atoms with van der Waals surface area (Å²) in [6.45, 7) is 0.0997. The van der Waals surface area contributed by atoms with E-state index in [0.29, 0.717) is 18.1 Å². The zero-order valence-corrected chi connectivity index (χ0v) is 8.99. The summed E-state index contributed by atoms with van der Waals surface area (Å²) in [5.74, 6) is 0. The minimum atomic E-state index is -4.64. The van der Waals surface area contributed by atoms with Crippen molar-refractivity contribution >= 4 is 0 Å². The number of halogens is 6. The fourth-order valence-corrected chi connectivity index (χ4v) is 2.02. The number of hydrogen-bond donors (Lipinski definition) is 1. The summed E-state index contributed by atoms with van der Waals surface area (Å²) in [6.07, 6.45) is -8.94. The Bertz CT molecular complexity index is 448. The summed E-state index contributed by atoms with van der Waals surface area (Å²) in [5.41, 5.74) is -1.08. The first-order valence-electron chi connectivity index (χ1n) is 5.20. The molecule has 100 valence electrons. The largest absolute Gasteiger partial charge is 0.416 e. The van der Waals surface area contributed by atoms with Gasteiger partial charge in [-0.2, -0.15) is 26.3 Å². The number of hydrogen-bond acceptors (Lipinski definition) is 1. The molecule has 2 rings (SSSR count). The van der Waals surface area contributed by atoms with Crippen LogP contribution in [-0.4, -0.2) is 12.7 Å². The fourth-order valence-electron chi connectivity index (χ4n) is 2.02. The van der Waals surface area contributed by atoms with E-state index in [2.05, 4.69) is 5.32 Å². The molecule has 0 saturated carbocycles. The molecule has 0 bridgehead atoms. The molecule has 1 aliphatic heterocycles. The topological polar surface area (TPSA) is 12.0 Å². The lowest BCUT2D eigenvalue weighted by molar-refractivity contribution is -0.159. The Kier molecular flexibility index (Phi) is 3.04. The predicted molar refractivity (Wildman–Crippen MR) is 51.9 cm³/mol. The van der Waals surface area contributed by atoms with Gasteiger partial charge in [0.25, 0.3) is 0 Å². The van der Waals surface area contributed by atoms with Gasteiger partial charge in [-0.15, -0.1) is 0 Å². The van der Waals surface area contributed by atoms with Gasteiger partial charge in [0.2, 0.25) is 0 Å². The molecule has 18 heavy (non-hydrogen) atoms. The third kappa shape index (κ3) is 2.45. The summed E-state index contributed by atoms with van der Waals surface area (Å²) < 4.78 is 75.6. The Labute approximate surface area is 98.8 Å². The SMILES string of the molecule is FC(F)(F)c1ccc2c(c1)C(C(F)(F)F)NCC2. The van der Waals surface area contributed by atoms with Crippen molar-refractivity contribution in [3.63, 3.8) is 0 Å². The van der Waals surface area contributed by atoms with Crippen molar-refractivity contribution in [2.45, 2.75) is 24.8 Å². The van der Waals surface area contributed by atoms with Crippen LogP contribution < -0.4 is 5.32 Å². The van der Waals surface area contributed by atoms with Crippen LogP contribution in [0.5, 0.6) is 0 Å². The molecule has 1 heterocycles. The molecule has 0 saturated heterocycles. The average molecular weight is 269 g/mol. The van der Waals surface area contributed by atoms with Gasteiger partial charge in [0.05, 0.1) is 5.56 Å². The first kappa shape index (κ1) is 13.2. The molecule has 0 aromatic heterocycles. The van der Waals surface area contributed by atoms with Crippen LogP contribution in [0.25, 0.3) is 0 Å². The van der Waals surface area contributed by atoms with Crippen LogP contribution in [0, 0.1) is 0 Å². The molecule has 0 aliphatic carbocycles. The van der Waals surface area contributed by atoms with Crippen LogP contribution in [-0.2, 0) is 12.6 Å². The van der Waals surface area contributed by atoms with Gasteiger partial charge >= 0.3 is 12.4 Å². The van der Waals surface area contributed by atoms with Crippen LogP contribution in [0.2, 0.25) is 0 Å². The molecule has 7 heteroatoms. The number of alkyl halides is 6. The van der Waals surface area contributed by atoms with E-state index in [1.807, 2.05) is 0 Å². The summed E-state index contributed by atoms with van der Waals surface area (Å²) >= 11 is 0. The number of fused-ring (bicyclic) bond motifs is 1. The molecular weight excluding hydrogens is 260 g/mol. The summed E-state index contributed by atoms with van der Waals surface area (Å²) in [6, 6.07) is 0.498. The second kappa shape index (κ2) is 4.15. The molecule has 0 radical (unpaired) electrons. The van der Waals surface area contributed by atoms with Crippen LogP contribution >= 0.6 is 0 Å². The third-order valence-corrected chi connectivity index (χ3v) is 2.85. The number of benzene rings is 1. The van der Waals surface area contributed by atoms with Gasteiger partial charge in [0.15, 0.2) is 0 Å². The highest BCUT2D eigenvalue weighted by Crippen LogP contribution is 2.39. The molecule has 0 spiro atoms. The average Bonchev–Trinajstić information content (AvgIpc) is 2.25. The summed E-state index contributed by atoms with van der Waals surface area (Å²) in [4.78, 5) is 0. The van der Waals surface area contributed by atoms with Gasteiger partial charge in [-0.25, -0.2) is 0 Å². The summed E-state index contributed by atoms with van der Waals surface area (Å²) in [7, 11) is 0. The van der Waals surface area contributed by atoms with Crippen molar-refractivity contribution in [2.24, 2.45) is 0 Å². The quantitative estimate of drug-likeness (QED) is 0.711. The van der Waals surface area contributed by atoms with E-state index in [1.54, 1.807) is 0 Å². The molecule has 1 atom stereocenters. The van der Waals surface area contributed by atoms with Gasteiger partial charge in [0, 0.05) is 6.54 Å². The molecule has 1 N–H and O–H groups in total. The Morgan fingerprint density at radius 1 is 1.06 bits per heavy atom. The van der Waals surface area contributed by atoms with Crippen LogP contribution in [0.1, 0.15) is 22.7 Å². The monoisotopic (exact) mass is 269 g/mol. The van der Waals surface area contributed by atoms with E-state index in [9.17, 15) is 26.3 Å². The van der Waals surface area contributed by atoms with Crippen molar-refractivity contribution in [3.8, 4) is 0 Å². The van der Waals surface area contributed by atoms with Crippen molar-refractivity contribution in [1.82, 2.24) is 5.32 Å². The normalized spacial score (nSPS) is 20.7. The lowest BCUT2D eigenvalue weighted by Gasteiger charge is -2.29. The van der Waals surface area contributed by atoms with E-state index in [0.717, 1.165) is 12.1 Å². The van der Waals surface area contributed by atoms with Gasteiger partial charge in [-0.05, 0) is 29.7 Å². The van der Waals surface area contributed by atoms with E-state index in [4.69, 9.17) is 0 Å². The molecule has 1 unspecified atom stereocenters. The fraction of sp³-hybridized carbons (Fsp3) is 0.455. The molecule has 0 fully saturated rings. The molecule has 1 aromatic carbocycles. The number of nitrogens with one attached hydrogen (secondary N) is 1. The van der Waals surface area contributed by atoms with Crippen molar-refractivity contribution in [3.05, 3.63) is 34.9 Å². The van der Waals surface area contributed by atoms with Crippen molar-refractivity contribution < 1.29 is 26.3 Å². The first-order valence-corrected chi connectivity index (χ1v) is 5.20. The maximum atomic E-state index is 12.7. The van der Waals surface area contributed by atoms with Crippen LogP contribution in [0.4, 0.5) is 26.3 Å². The Morgan fingerprint density at radius 2 is 1.72 bits per heavy atom. The molecule has 1 aromatic rings. The molecular formula is C11H9F6N. The maximum absolute atomic E-state index is 12.7. The van der Waals surface area contributed by atoms with E-state index in [-0.39, 0.29) is 12.1 Å². The Hall–Kier alpha value is -1.24. The lowest BCUT2D eigenvalue weighted by Crippen LogP contribution is -2.39. The highest BCUT2D eigenvalue weighted by molar-refractivity contribution is 5.38. The van der Waals surface area contributed by atoms with Gasteiger partial charge in [-0.3, -0.25) is 0 Å². The minimum absolute atomic E-state index is 0.0997. The molecule has 0 amide bonds. The zero-order valence-electron chi connectivity index (χ0n) is 8.99. The Morgan fingerprint density at radius 3 is 2.28 bits per heavy atom. The molecule has 1 aliphatic rings. The third-order valence-electron chi connectivity index (χ3n) is 2.85. The highest BCUT2D eigenvalue weighted by Gasteiger charge is 2.44. The Balaban J connectivity index is 2.48. The first-order chi connectivity index (χ1) is 8.19. The van der Waals surface area contributed by atoms with Crippen molar-refractivity contribution in [1.29, 1.82) is 0 Å². The number of rotatable bonds is 0. The van der Waals surface area contributed by atoms with Crippen LogP contribution in [0.15, 0.2) is 18.2 Å². The lowest BCUT2D eigenvalue weighted by atomic mass is 9.92. The molecule has 1 nitrogen and oxygen atoms in total. The second-order valence-electron chi connectivity index (χ2n) is 4.09. The van der Waals surface area contributed by atoms with Gasteiger partial charge < -0.3 is 5.32 Å². The van der Waals surface area contributed by atoms with Crippen LogP contribution in [0.3, 0.4) is 0 Å². The smallest absolute Gasteiger partial charge is 0.302 e. The standard InChI is InChI=1S/C11H9F6N/c12-10(13,14)7-2-1-6-3-4-18-9(8(6)5-7)11(15,16)17/h1-2,5,9,18H,3-4H2. The van der Waals surface area contributed by atoms with Crippen molar-refractivity contribution in [2.75, 3.05) is 6.54 Å². The van der Waals surface area contributed by atoms with E-state index < -0.39 is 24.0 Å².